The molecule has 2 aliphatic heterocycles. The molecule has 0 spiro atoms. The number of phenols is 1. The molecule has 2 saturated heterocycles. The van der Waals surface area contributed by atoms with Crippen LogP contribution in [0.15, 0.2) is 34.9 Å². The normalized spacial score (nSPS) is 26.5. The Morgan fingerprint density at radius 1 is 1.19 bits per heavy atom. The Bertz CT molecular complexity index is 1070. The monoisotopic (exact) mass is 497 g/mol. The summed E-state index contributed by atoms with van der Waals surface area (Å²) in [7, 11) is -0.978. The second-order valence-electron chi connectivity index (χ2n) is 10.3. The predicted octanol–water partition coefficient (Wildman–Crippen LogP) is 5.11. The van der Waals surface area contributed by atoms with E-state index in [0.29, 0.717) is 37.7 Å². The maximum absolute atomic E-state index is 13.8. The van der Waals surface area contributed by atoms with E-state index in [4.69, 9.17) is 4.65 Å². The zero-order valence-corrected chi connectivity index (χ0v) is 21.5. The van der Waals surface area contributed by atoms with Crippen molar-refractivity contribution in [2.24, 2.45) is 17.8 Å². The molecule has 0 aromatic heterocycles. The summed E-state index contributed by atoms with van der Waals surface area (Å²) >= 11 is 0. The first-order valence-electron chi connectivity index (χ1n) is 13.4. The van der Waals surface area contributed by atoms with Gasteiger partial charge in [-0.1, -0.05) is 50.5 Å². The molecule has 1 aliphatic carbocycles. The summed E-state index contributed by atoms with van der Waals surface area (Å²) in [6.45, 7) is 6.57. The van der Waals surface area contributed by atoms with Gasteiger partial charge in [-0.2, -0.15) is 0 Å². The molecular formula is C28H37BFNO5. The van der Waals surface area contributed by atoms with Crippen molar-refractivity contribution < 1.29 is 28.8 Å². The van der Waals surface area contributed by atoms with E-state index in [1.165, 1.54) is 22.6 Å². The summed E-state index contributed by atoms with van der Waals surface area (Å²) in [5.74, 6) is -2.11. The van der Waals surface area contributed by atoms with Crippen molar-refractivity contribution in [2.75, 3.05) is 6.54 Å². The van der Waals surface area contributed by atoms with Crippen LogP contribution in [0.3, 0.4) is 0 Å². The summed E-state index contributed by atoms with van der Waals surface area (Å²) < 4.78 is 19.9. The van der Waals surface area contributed by atoms with E-state index in [0.717, 1.165) is 36.8 Å². The summed E-state index contributed by atoms with van der Waals surface area (Å²) in [5.41, 5.74) is 4.12. The molecule has 1 aromatic rings. The molecule has 2 heterocycles. The van der Waals surface area contributed by atoms with Gasteiger partial charge in [0, 0.05) is 6.54 Å². The van der Waals surface area contributed by atoms with Crippen LogP contribution in [0.5, 0.6) is 5.75 Å². The summed E-state index contributed by atoms with van der Waals surface area (Å²) in [6, 6.07) is 4.34. The van der Waals surface area contributed by atoms with Crippen molar-refractivity contribution in [2.45, 2.75) is 78.1 Å². The average molecular weight is 497 g/mol. The maximum Gasteiger partial charge on any atom is 0.455 e. The standard InChI is InChI=1S/C28H37BFNO5/c1-4-7-19-15-20-26(28(34)31(12-5-2)27(20)33)21-16-29(35)36-24(25(19)21)11-9-17(6-3)13-18-8-10-23(32)22(30)14-18/h8,10,13-14,20-21,24,26,32,35H,4-7,9,11-12,15-16H2,1-3H3/b17-13+/t20-,21+,24-,26-/m1/s1. The van der Waals surface area contributed by atoms with Gasteiger partial charge in [-0.3, -0.25) is 14.5 Å². The number of nitrogens with zero attached hydrogens (tertiary/aromatic N) is 1. The molecule has 4 atom stereocenters. The first-order chi connectivity index (χ1) is 17.3. The van der Waals surface area contributed by atoms with Crippen molar-refractivity contribution in [3.05, 3.63) is 46.3 Å². The number of aromatic hydroxyl groups is 1. The van der Waals surface area contributed by atoms with E-state index in [1.54, 1.807) is 6.07 Å². The number of hydrogen-bond donors (Lipinski definition) is 2. The summed E-state index contributed by atoms with van der Waals surface area (Å²) in [5, 5.41) is 20.1. The average Bonchev–Trinajstić information content (AvgIpc) is 3.08. The number of likely N-dealkylation sites (tertiary alicyclic amines) is 1. The van der Waals surface area contributed by atoms with E-state index in [9.17, 15) is 24.1 Å². The van der Waals surface area contributed by atoms with Gasteiger partial charge in [-0.25, -0.2) is 4.39 Å². The fourth-order valence-electron chi connectivity index (χ4n) is 6.33. The lowest BCUT2D eigenvalue weighted by Crippen LogP contribution is -2.46. The molecule has 6 nitrogen and oxygen atoms in total. The summed E-state index contributed by atoms with van der Waals surface area (Å²) in [6.07, 6.45) is 7.14. The van der Waals surface area contributed by atoms with Gasteiger partial charge in [0.2, 0.25) is 11.8 Å². The number of fused-ring (bicyclic) bond motifs is 3. The highest BCUT2D eigenvalue weighted by Gasteiger charge is 2.56. The molecule has 4 rings (SSSR count). The molecule has 2 amide bonds. The Labute approximate surface area is 213 Å². The van der Waals surface area contributed by atoms with Crippen LogP contribution >= 0.6 is 0 Å². The Morgan fingerprint density at radius 2 is 1.97 bits per heavy atom. The summed E-state index contributed by atoms with van der Waals surface area (Å²) in [4.78, 5) is 27.9. The Kier molecular flexibility index (Phi) is 8.36. The molecular weight excluding hydrogens is 460 g/mol. The Balaban J connectivity index is 1.61. The molecule has 2 fully saturated rings. The van der Waals surface area contributed by atoms with E-state index in [2.05, 4.69) is 6.92 Å². The highest BCUT2D eigenvalue weighted by Crippen LogP contribution is 2.51. The number of rotatable bonds is 9. The lowest BCUT2D eigenvalue weighted by atomic mass is 9.58. The lowest BCUT2D eigenvalue weighted by Gasteiger charge is -2.43. The van der Waals surface area contributed by atoms with Gasteiger partial charge in [-0.15, -0.1) is 0 Å². The fourth-order valence-corrected chi connectivity index (χ4v) is 6.33. The molecule has 2 N–H and O–H groups in total. The number of carbonyl (C=O) groups excluding carboxylic acids is 2. The van der Waals surface area contributed by atoms with E-state index in [-0.39, 0.29) is 35.5 Å². The number of imide groups is 1. The second kappa shape index (κ2) is 11.3. The van der Waals surface area contributed by atoms with Crippen molar-refractivity contribution in [1.29, 1.82) is 0 Å². The quantitative estimate of drug-likeness (QED) is 0.281. The minimum atomic E-state index is -0.978. The van der Waals surface area contributed by atoms with E-state index in [1.807, 2.05) is 19.9 Å². The predicted molar refractivity (Wildman–Crippen MR) is 137 cm³/mol. The minimum Gasteiger partial charge on any atom is -0.505 e. The zero-order valence-electron chi connectivity index (χ0n) is 21.5. The third kappa shape index (κ3) is 5.16. The van der Waals surface area contributed by atoms with Crippen molar-refractivity contribution in [1.82, 2.24) is 4.90 Å². The topological polar surface area (TPSA) is 87.1 Å². The SMILES string of the molecule is CCCC1=C2[C@@H](CC/C(=C/c3ccc(O)c(F)c3)CC)OB(O)C[C@@H]2[C@@H]2C(=O)N(CCC)C(=O)[C@@H]2C1. The molecule has 0 radical (unpaired) electrons. The van der Waals surface area contributed by atoms with Gasteiger partial charge < -0.3 is 14.8 Å². The Hall–Kier alpha value is -2.45. The molecule has 0 saturated carbocycles. The third-order valence-electron chi connectivity index (χ3n) is 7.92. The molecule has 36 heavy (non-hydrogen) atoms. The van der Waals surface area contributed by atoms with E-state index < -0.39 is 18.9 Å². The molecule has 194 valence electrons. The van der Waals surface area contributed by atoms with Gasteiger partial charge in [0.05, 0.1) is 17.9 Å². The second-order valence-corrected chi connectivity index (χ2v) is 10.3. The van der Waals surface area contributed by atoms with Gasteiger partial charge >= 0.3 is 7.12 Å². The van der Waals surface area contributed by atoms with Gasteiger partial charge in [-0.05, 0) is 74.0 Å². The number of phenolic OH excluding ortho intramolecular Hbond substituents is 1. The molecule has 3 aliphatic rings. The van der Waals surface area contributed by atoms with Crippen LogP contribution < -0.4 is 0 Å². The molecule has 0 bridgehead atoms. The number of allylic oxidation sites excluding steroid dienone is 2. The molecule has 0 unspecified atom stereocenters. The fraction of sp³-hybridized carbons (Fsp3) is 0.571. The van der Waals surface area contributed by atoms with Crippen LogP contribution in [0, 0.1) is 23.6 Å². The zero-order chi connectivity index (χ0) is 26.0. The highest BCUT2D eigenvalue weighted by atomic mass is 19.1. The number of benzene rings is 1. The number of hydrogen-bond acceptors (Lipinski definition) is 5. The number of amides is 2. The van der Waals surface area contributed by atoms with Crippen molar-refractivity contribution in [3.63, 3.8) is 0 Å². The first kappa shape index (κ1) is 26.6. The van der Waals surface area contributed by atoms with E-state index >= 15 is 0 Å². The third-order valence-corrected chi connectivity index (χ3v) is 7.92. The van der Waals surface area contributed by atoms with Gasteiger partial charge in [0.1, 0.15) is 0 Å². The minimum absolute atomic E-state index is 0.0608. The van der Waals surface area contributed by atoms with Crippen LogP contribution in [-0.4, -0.2) is 46.6 Å². The maximum atomic E-state index is 13.8. The van der Waals surface area contributed by atoms with Crippen LogP contribution in [0.4, 0.5) is 4.39 Å². The number of carbonyl (C=O) groups is 2. The lowest BCUT2D eigenvalue weighted by molar-refractivity contribution is -0.140. The highest BCUT2D eigenvalue weighted by molar-refractivity contribution is 6.43. The van der Waals surface area contributed by atoms with Crippen molar-refractivity contribution in [3.8, 4) is 5.75 Å². The van der Waals surface area contributed by atoms with Crippen molar-refractivity contribution >= 4 is 25.0 Å². The van der Waals surface area contributed by atoms with Crippen LogP contribution in [0.1, 0.15) is 71.3 Å². The van der Waals surface area contributed by atoms with Gasteiger partial charge in [0.15, 0.2) is 11.6 Å². The first-order valence-corrected chi connectivity index (χ1v) is 13.4. The number of halogens is 1. The van der Waals surface area contributed by atoms with Gasteiger partial charge in [0.25, 0.3) is 0 Å². The van der Waals surface area contributed by atoms with Crippen LogP contribution in [0.2, 0.25) is 6.32 Å². The van der Waals surface area contributed by atoms with Crippen LogP contribution in [0.25, 0.3) is 6.08 Å². The molecule has 1 aromatic carbocycles. The smallest absolute Gasteiger partial charge is 0.455 e. The Morgan fingerprint density at radius 3 is 2.64 bits per heavy atom. The largest absolute Gasteiger partial charge is 0.505 e. The van der Waals surface area contributed by atoms with Crippen LogP contribution in [-0.2, 0) is 14.2 Å². The molecule has 8 heteroatoms.